The third kappa shape index (κ3) is 3.55. The number of halogens is 2. The molecule has 1 aromatic carbocycles. The van der Waals surface area contributed by atoms with E-state index in [2.05, 4.69) is 5.32 Å². The highest BCUT2D eigenvalue weighted by atomic mass is 35.5. The fourth-order valence-electron chi connectivity index (χ4n) is 2.57. The second kappa shape index (κ2) is 6.47. The highest BCUT2D eigenvalue weighted by molar-refractivity contribution is 6.42. The van der Waals surface area contributed by atoms with Gasteiger partial charge in [-0.1, -0.05) is 43.1 Å². The molecule has 1 amide bonds. The largest absolute Gasteiger partial charge is 0.481 e. The van der Waals surface area contributed by atoms with Crippen LogP contribution in [0.1, 0.15) is 32.3 Å². The number of rotatable bonds is 5. The number of carboxylic acids is 1. The van der Waals surface area contributed by atoms with E-state index in [4.69, 9.17) is 28.3 Å². The van der Waals surface area contributed by atoms with Crippen molar-refractivity contribution in [3.8, 4) is 0 Å². The van der Waals surface area contributed by atoms with Gasteiger partial charge in [-0.3, -0.25) is 9.59 Å². The van der Waals surface area contributed by atoms with Gasteiger partial charge in [-0.05, 0) is 30.5 Å². The summed E-state index contributed by atoms with van der Waals surface area (Å²) >= 11 is 11.9. The van der Waals surface area contributed by atoms with E-state index >= 15 is 0 Å². The summed E-state index contributed by atoms with van der Waals surface area (Å²) in [4.78, 5) is 23.1. The molecular weight excluding hydrogens is 325 g/mol. The van der Waals surface area contributed by atoms with E-state index in [1.54, 1.807) is 12.1 Å². The minimum absolute atomic E-state index is 0.188. The molecule has 4 nitrogen and oxygen atoms in total. The van der Waals surface area contributed by atoms with Gasteiger partial charge < -0.3 is 10.4 Å². The summed E-state index contributed by atoms with van der Waals surface area (Å²) in [7, 11) is 0. The van der Waals surface area contributed by atoms with E-state index in [1.165, 1.54) is 0 Å². The van der Waals surface area contributed by atoms with Crippen molar-refractivity contribution in [3.63, 3.8) is 0 Å². The zero-order valence-corrected chi connectivity index (χ0v) is 14.0. The fraction of sp³-hybridized carbons (Fsp3) is 0.500. The van der Waals surface area contributed by atoms with Gasteiger partial charge in [0.05, 0.1) is 21.9 Å². The number of amides is 1. The quantitative estimate of drug-likeness (QED) is 0.859. The molecule has 2 rings (SSSR count). The maximum Gasteiger partial charge on any atom is 0.307 e. The molecule has 1 aromatic rings. The number of aliphatic carboxylic acids is 1. The van der Waals surface area contributed by atoms with Gasteiger partial charge in [-0.25, -0.2) is 0 Å². The first-order valence-corrected chi connectivity index (χ1v) is 7.94. The smallest absolute Gasteiger partial charge is 0.307 e. The van der Waals surface area contributed by atoms with E-state index in [0.29, 0.717) is 29.4 Å². The number of nitrogens with one attached hydrogen (secondary N) is 1. The highest BCUT2D eigenvalue weighted by Gasteiger charge is 2.41. The van der Waals surface area contributed by atoms with Gasteiger partial charge in [-0.15, -0.1) is 0 Å². The second-order valence-corrected chi connectivity index (χ2v) is 7.17. The molecule has 0 radical (unpaired) electrons. The Morgan fingerprint density at radius 3 is 2.36 bits per heavy atom. The maximum absolute atomic E-state index is 12.1. The number of carbonyl (C=O) groups is 2. The number of hydrogen-bond donors (Lipinski definition) is 2. The van der Waals surface area contributed by atoms with Crippen LogP contribution in [0.5, 0.6) is 0 Å². The van der Waals surface area contributed by atoms with E-state index in [9.17, 15) is 9.59 Å². The Bertz CT molecular complexity index is 601. The molecule has 0 saturated heterocycles. The van der Waals surface area contributed by atoms with E-state index < -0.39 is 17.8 Å². The van der Waals surface area contributed by atoms with Crippen LogP contribution in [0.2, 0.25) is 10.0 Å². The Morgan fingerprint density at radius 2 is 1.86 bits per heavy atom. The summed E-state index contributed by atoms with van der Waals surface area (Å²) < 4.78 is 0. The van der Waals surface area contributed by atoms with Gasteiger partial charge in [-0.2, -0.15) is 0 Å². The van der Waals surface area contributed by atoms with Crippen molar-refractivity contribution in [1.82, 2.24) is 5.32 Å². The van der Waals surface area contributed by atoms with Gasteiger partial charge >= 0.3 is 5.97 Å². The average molecular weight is 344 g/mol. The maximum atomic E-state index is 12.1. The minimum Gasteiger partial charge on any atom is -0.481 e. The van der Waals surface area contributed by atoms with Crippen LogP contribution in [-0.4, -0.2) is 23.5 Å². The molecule has 1 fully saturated rings. The molecule has 0 spiro atoms. The molecule has 6 heteroatoms. The van der Waals surface area contributed by atoms with Crippen molar-refractivity contribution < 1.29 is 14.7 Å². The molecule has 2 unspecified atom stereocenters. The van der Waals surface area contributed by atoms with Crippen molar-refractivity contribution in [2.75, 3.05) is 6.54 Å². The zero-order chi connectivity index (χ0) is 16.5. The topological polar surface area (TPSA) is 66.4 Å². The van der Waals surface area contributed by atoms with Crippen LogP contribution >= 0.6 is 23.2 Å². The number of carbonyl (C=O) groups excluding carboxylic acids is 1. The molecule has 1 saturated carbocycles. The Labute approximate surface area is 139 Å². The third-order valence-corrected chi connectivity index (χ3v) is 5.07. The molecule has 1 aliphatic carbocycles. The van der Waals surface area contributed by atoms with Crippen LogP contribution in [0.15, 0.2) is 18.2 Å². The number of carboxylic acid groups (broad SMARTS) is 1. The third-order valence-electron chi connectivity index (χ3n) is 4.33. The molecule has 0 aromatic heterocycles. The van der Waals surface area contributed by atoms with Crippen molar-refractivity contribution >= 4 is 35.1 Å². The first-order chi connectivity index (χ1) is 10.2. The van der Waals surface area contributed by atoms with E-state index in [-0.39, 0.29) is 11.3 Å². The summed E-state index contributed by atoms with van der Waals surface area (Å²) in [5.74, 6) is -2.04. The van der Waals surface area contributed by atoms with Gasteiger partial charge in [0, 0.05) is 12.0 Å². The van der Waals surface area contributed by atoms with Crippen LogP contribution in [0.25, 0.3) is 0 Å². The molecule has 2 atom stereocenters. The monoisotopic (exact) mass is 343 g/mol. The molecule has 0 heterocycles. The minimum atomic E-state index is -0.893. The van der Waals surface area contributed by atoms with Crippen LogP contribution in [0.4, 0.5) is 0 Å². The highest BCUT2D eigenvalue weighted by Crippen LogP contribution is 2.35. The predicted octanol–water partition coefficient (Wildman–Crippen LogP) is 3.50. The van der Waals surface area contributed by atoms with Gasteiger partial charge in [0.2, 0.25) is 5.91 Å². The van der Waals surface area contributed by atoms with Crippen LogP contribution < -0.4 is 5.32 Å². The molecular formula is C16H19Cl2NO3. The van der Waals surface area contributed by atoms with Crippen molar-refractivity contribution in [3.05, 3.63) is 33.8 Å². The lowest BCUT2D eigenvalue weighted by Gasteiger charge is -2.33. The van der Waals surface area contributed by atoms with Gasteiger partial charge in [0.25, 0.3) is 0 Å². The van der Waals surface area contributed by atoms with Crippen LogP contribution in [0, 0.1) is 11.8 Å². The number of hydrogen-bond acceptors (Lipinski definition) is 2. The van der Waals surface area contributed by atoms with Crippen LogP contribution in [-0.2, 0) is 15.0 Å². The summed E-state index contributed by atoms with van der Waals surface area (Å²) in [6.45, 7) is 4.39. The number of benzene rings is 1. The molecule has 22 heavy (non-hydrogen) atoms. The fourth-order valence-corrected chi connectivity index (χ4v) is 2.87. The van der Waals surface area contributed by atoms with Crippen molar-refractivity contribution in [2.24, 2.45) is 11.8 Å². The summed E-state index contributed by atoms with van der Waals surface area (Å²) in [5.41, 5.74) is 0.636. The standard InChI is InChI=1S/C16H19Cl2NO3/c1-16(2,9-3-6-12(17)13(18)7-9)8-19-14(20)10-4-5-11(10)15(21)22/h3,6-7,10-11H,4-5,8H2,1-2H3,(H,19,20)(H,21,22). The Morgan fingerprint density at radius 1 is 1.23 bits per heavy atom. The Hall–Kier alpha value is -1.26. The van der Waals surface area contributed by atoms with Gasteiger partial charge in [0.15, 0.2) is 0 Å². The zero-order valence-electron chi connectivity index (χ0n) is 12.5. The van der Waals surface area contributed by atoms with Crippen molar-refractivity contribution in [2.45, 2.75) is 32.1 Å². The van der Waals surface area contributed by atoms with Crippen LogP contribution in [0.3, 0.4) is 0 Å². The first-order valence-electron chi connectivity index (χ1n) is 7.18. The lowest BCUT2D eigenvalue weighted by atomic mass is 9.73. The first kappa shape index (κ1) is 17.1. The van der Waals surface area contributed by atoms with Gasteiger partial charge in [0.1, 0.15) is 0 Å². The van der Waals surface area contributed by atoms with Crippen molar-refractivity contribution in [1.29, 1.82) is 0 Å². The molecule has 0 bridgehead atoms. The lowest BCUT2D eigenvalue weighted by molar-refractivity contribution is -0.152. The predicted molar refractivity (Wildman–Crippen MR) is 86.3 cm³/mol. The molecule has 1 aliphatic rings. The normalized spacial score (nSPS) is 21.1. The average Bonchev–Trinajstić information content (AvgIpc) is 2.37. The van der Waals surface area contributed by atoms with E-state index in [0.717, 1.165) is 5.56 Å². The van der Waals surface area contributed by atoms with E-state index in [1.807, 2.05) is 19.9 Å². The Balaban J connectivity index is 1.98. The summed E-state index contributed by atoms with van der Waals surface area (Å²) in [5, 5.41) is 12.8. The summed E-state index contributed by atoms with van der Waals surface area (Å²) in [6, 6.07) is 5.40. The second-order valence-electron chi connectivity index (χ2n) is 6.36. The molecule has 2 N–H and O–H groups in total. The molecule has 0 aliphatic heterocycles. The Kier molecular flexibility index (Phi) is 5.03. The molecule has 120 valence electrons. The summed E-state index contributed by atoms with van der Waals surface area (Å²) in [6.07, 6.45) is 1.21. The SMILES string of the molecule is CC(C)(CNC(=O)C1CCC1C(=O)O)c1ccc(Cl)c(Cl)c1. The lowest BCUT2D eigenvalue weighted by Crippen LogP contribution is -2.47.